The van der Waals surface area contributed by atoms with Crippen LogP contribution in [0, 0.1) is 11.7 Å². The quantitative estimate of drug-likeness (QED) is 0.885. The fourth-order valence-electron chi connectivity index (χ4n) is 2.86. The smallest absolute Gasteiger partial charge is 0.123 e. The van der Waals surface area contributed by atoms with Crippen molar-refractivity contribution in [1.29, 1.82) is 0 Å². The van der Waals surface area contributed by atoms with Crippen molar-refractivity contribution in [3.05, 3.63) is 29.6 Å². The van der Waals surface area contributed by atoms with Gasteiger partial charge in [0.1, 0.15) is 11.6 Å². The molecule has 1 aliphatic rings. The first-order valence-corrected chi connectivity index (χ1v) is 6.92. The maximum Gasteiger partial charge on any atom is 0.123 e. The molecule has 106 valence electrons. The van der Waals surface area contributed by atoms with Gasteiger partial charge in [0.2, 0.25) is 0 Å². The van der Waals surface area contributed by atoms with Crippen molar-refractivity contribution in [3.8, 4) is 5.75 Å². The fourth-order valence-corrected chi connectivity index (χ4v) is 2.86. The van der Waals surface area contributed by atoms with E-state index in [4.69, 9.17) is 4.74 Å². The maximum absolute atomic E-state index is 13.4. The standard InChI is InChI=1S/C15H23FN2O/c1-17-9-12-4-3-7-18(10-12)11-13-8-14(16)5-6-15(13)19-2/h5-6,8,12,17H,3-4,7,9-11H2,1-2H3. The van der Waals surface area contributed by atoms with Crippen LogP contribution in [0.15, 0.2) is 18.2 Å². The molecule has 0 spiro atoms. The van der Waals surface area contributed by atoms with Crippen molar-refractivity contribution >= 4 is 0 Å². The van der Waals surface area contributed by atoms with Gasteiger partial charge in [-0.05, 0) is 57.1 Å². The van der Waals surface area contributed by atoms with Crippen molar-refractivity contribution in [2.75, 3.05) is 33.8 Å². The molecule has 1 aromatic carbocycles. The molecule has 19 heavy (non-hydrogen) atoms. The lowest BCUT2D eigenvalue weighted by Crippen LogP contribution is -2.38. The Kier molecular flexibility index (Phi) is 5.16. The second-order valence-electron chi connectivity index (χ2n) is 5.26. The molecule has 0 aliphatic carbocycles. The van der Waals surface area contributed by atoms with E-state index < -0.39 is 0 Å². The number of piperidine rings is 1. The monoisotopic (exact) mass is 266 g/mol. The van der Waals surface area contributed by atoms with E-state index >= 15 is 0 Å². The van der Waals surface area contributed by atoms with Gasteiger partial charge in [-0.3, -0.25) is 4.90 Å². The van der Waals surface area contributed by atoms with Gasteiger partial charge in [0.05, 0.1) is 7.11 Å². The molecule has 1 heterocycles. The van der Waals surface area contributed by atoms with E-state index in [2.05, 4.69) is 10.2 Å². The molecule has 1 aliphatic heterocycles. The van der Waals surface area contributed by atoms with Crippen LogP contribution in [0.3, 0.4) is 0 Å². The van der Waals surface area contributed by atoms with Gasteiger partial charge in [-0.2, -0.15) is 0 Å². The van der Waals surface area contributed by atoms with Crippen LogP contribution in [0.2, 0.25) is 0 Å². The summed E-state index contributed by atoms with van der Waals surface area (Å²) in [5.41, 5.74) is 0.938. The molecule has 1 unspecified atom stereocenters. The van der Waals surface area contributed by atoms with Crippen molar-refractivity contribution in [2.45, 2.75) is 19.4 Å². The summed E-state index contributed by atoms with van der Waals surface area (Å²) in [4.78, 5) is 2.39. The molecule has 1 atom stereocenters. The van der Waals surface area contributed by atoms with Crippen LogP contribution in [0.25, 0.3) is 0 Å². The highest BCUT2D eigenvalue weighted by atomic mass is 19.1. The molecule has 2 rings (SSSR count). The summed E-state index contributed by atoms with van der Waals surface area (Å²) in [6, 6.07) is 4.74. The summed E-state index contributed by atoms with van der Waals surface area (Å²) < 4.78 is 18.7. The van der Waals surface area contributed by atoms with Crippen molar-refractivity contribution < 1.29 is 9.13 Å². The minimum absolute atomic E-state index is 0.195. The third-order valence-corrected chi connectivity index (χ3v) is 3.73. The molecule has 0 amide bonds. The van der Waals surface area contributed by atoms with Crippen LogP contribution >= 0.6 is 0 Å². The molecule has 1 fully saturated rings. The van der Waals surface area contributed by atoms with Gasteiger partial charge in [-0.1, -0.05) is 0 Å². The van der Waals surface area contributed by atoms with Gasteiger partial charge < -0.3 is 10.1 Å². The van der Waals surface area contributed by atoms with E-state index in [-0.39, 0.29) is 5.82 Å². The highest BCUT2D eigenvalue weighted by Crippen LogP contribution is 2.24. The normalized spacial score (nSPS) is 20.5. The molecule has 0 saturated carbocycles. The number of rotatable bonds is 5. The van der Waals surface area contributed by atoms with E-state index in [0.717, 1.165) is 37.5 Å². The van der Waals surface area contributed by atoms with E-state index in [1.165, 1.54) is 18.9 Å². The Hall–Kier alpha value is -1.13. The Labute approximate surface area is 114 Å². The largest absolute Gasteiger partial charge is 0.496 e. The molecule has 1 saturated heterocycles. The third-order valence-electron chi connectivity index (χ3n) is 3.73. The van der Waals surface area contributed by atoms with Crippen LogP contribution in [0.1, 0.15) is 18.4 Å². The zero-order valence-electron chi connectivity index (χ0n) is 11.8. The number of ether oxygens (including phenoxy) is 1. The summed E-state index contributed by atoms with van der Waals surface area (Å²) in [5, 5.41) is 3.24. The number of likely N-dealkylation sites (tertiary alicyclic amines) is 1. The fraction of sp³-hybridized carbons (Fsp3) is 0.600. The summed E-state index contributed by atoms with van der Waals surface area (Å²) in [6.07, 6.45) is 2.49. The average molecular weight is 266 g/mol. The second kappa shape index (κ2) is 6.87. The first-order chi connectivity index (χ1) is 9.22. The highest BCUT2D eigenvalue weighted by Gasteiger charge is 2.20. The Bertz CT molecular complexity index is 409. The van der Waals surface area contributed by atoms with E-state index in [1.807, 2.05) is 7.05 Å². The first kappa shape index (κ1) is 14.3. The number of halogens is 1. The molecular weight excluding hydrogens is 243 g/mol. The van der Waals surface area contributed by atoms with Gasteiger partial charge in [-0.25, -0.2) is 4.39 Å². The predicted molar refractivity (Wildman–Crippen MR) is 74.9 cm³/mol. The zero-order valence-corrected chi connectivity index (χ0v) is 11.8. The topological polar surface area (TPSA) is 24.5 Å². The summed E-state index contributed by atoms with van der Waals surface area (Å²) >= 11 is 0. The maximum atomic E-state index is 13.4. The summed E-state index contributed by atoms with van der Waals surface area (Å²) in [7, 11) is 3.63. The van der Waals surface area contributed by atoms with Crippen LogP contribution in [-0.2, 0) is 6.54 Å². The van der Waals surface area contributed by atoms with Crippen LogP contribution < -0.4 is 10.1 Å². The highest BCUT2D eigenvalue weighted by molar-refractivity contribution is 5.33. The number of hydrogen-bond donors (Lipinski definition) is 1. The Morgan fingerprint density at radius 1 is 1.47 bits per heavy atom. The van der Waals surface area contributed by atoms with Gasteiger partial charge in [0, 0.05) is 18.7 Å². The predicted octanol–water partition coefficient (Wildman–Crippen LogP) is 2.27. The van der Waals surface area contributed by atoms with Crippen molar-refractivity contribution in [3.63, 3.8) is 0 Å². The molecule has 0 aromatic heterocycles. The average Bonchev–Trinajstić information content (AvgIpc) is 2.40. The number of methoxy groups -OCH3 is 1. The molecular formula is C15H23FN2O. The molecule has 1 N–H and O–H groups in total. The minimum Gasteiger partial charge on any atom is -0.496 e. The Balaban J connectivity index is 2.01. The molecule has 0 radical (unpaired) electrons. The van der Waals surface area contributed by atoms with E-state index in [1.54, 1.807) is 19.2 Å². The van der Waals surface area contributed by atoms with Gasteiger partial charge in [0.25, 0.3) is 0 Å². The number of benzene rings is 1. The zero-order chi connectivity index (χ0) is 13.7. The summed E-state index contributed by atoms with van der Waals surface area (Å²) in [6.45, 7) is 3.97. The van der Waals surface area contributed by atoms with Gasteiger partial charge >= 0.3 is 0 Å². The molecule has 0 bridgehead atoms. The van der Waals surface area contributed by atoms with Crippen molar-refractivity contribution in [2.24, 2.45) is 5.92 Å². The molecule has 4 heteroatoms. The lowest BCUT2D eigenvalue weighted by molar-refractivity contribution is 0.165. The number of hydrogen-bond acceptors (Lipinski definition) is 3. The van der Waals surface area contributed by atoms with Crippen LogP contribution in [-0.4, -0.2) is 38.7 Å². The minimum atomic E-state index is -0.195. The van der Waals surface area contributed by atoms with Crippen LogP contribution in [0.4, 0.5) is 4.39 Å². The van der Waals surface area contributed by atoms with Gasteiger partial charge in [-0.15, -0.1) is 0 Å². The SMILES string of the molecule is CNCC1CCCN(Cc2cc(F)ccc2OC)C1. The molecule has 1 aromatic rings. The third kappa shape index (κ3) is 3.91. The summed E-state index contributed by atoms with van der Waals surface area (Å²) in [5.74, 6) is 1.27. The first-order valence-electron chi connectivity index (χ1n) is 6.92. The van der Waals surface area contributed by atoms with E-state index in [9.17, 15) is 4.39 Å². The van der Waals surface area contributed by atoms with Gasteiger partial charge in [0.15, 0.2) is 0 Å². The second-order valence-corrected chi connectivity index (χ2v) is 5.26. The van der Waals surface area contributed by atoms with Crippen LogP contribution in [0.5, 0.6) is 5.75 Å². The lowest BCUT2D eigenvalue weighted by Gasteiger charge is -2.33. The number of nitrogens with zero attached hydrogens (tertiary/aromatic N) is 1. The van der Waals surface area contributed by atoms with Crippen molar-refractivity contribution in [1.82, 2.24) is 10.2 Å². The Morgan fingerprint density at radius 2 is 2.32 bits per heavy atom. The molecule has 3 nitrogen and oxygen atoms in total. The Morgan fingerprint density at radius 3 is 3.05 bits per heavy atom. The number of nitrogens with one attached hydrogen (secondary N) is 1. The lowest BCUT2D eigenvalue weighted by atomic mass is 9.97. The van der Waals surface area contributed by atoms with E-state index in [0.29, 0.717) is 5.92 Å².